The van der Waals surface area contributed by atoms with Crippen molar-refractivity contribution in [3.8, 4) is 0 Å². The monoisotopic (exact) mass is 971 g/mol. The summed E-state index contributed by atoms with van der Waals surface area (Å²) in [5.74, 6) is -1.01. The lowest BCUT2D eigenvalue weighted by molar-refractivity contribution is -0.166. The highest BCUT2D eigenvalue weighted by Crippen LogP contribution is 2.14. The van der Waals surface area contributed by atoms with E-state index in [0.717, 1.165) is 103 Å². The fourth-order valence-electron chi connectivity index (χ4n) is 7.67. The lowest BCUT2D eigenvalue weighted by Gasteiger charge is -2.18. The number of allylic oxidation sites excluding steroid dienone is 18. The van der Waals surface area contributed by atoms with Crippen LogP contribution in [0.4, 0.5) is 0 Å². The molecule has 0 radical (unpaired) electrons. The fraction of sp³-hybridized carbons (Fsp3) is 0.672. The van der Waals surface area contributed by atoms with Crippen LogP contribution in [0.2, 0.25) is 0 Å². The van der Waals surface area contributed by atoms with Crippen molar-refractivity contribution in [1.29, 1.82) is 0 Å². The second-order valence-electron chi connectivity index (χ2n) is 18.8. The predicted molar refractivity (Wildman–Crippen MR) is 302 cm³/mol. The summed E-state index contributed by atoms with van der Waals surface area (Å²) in [4.78, 5) is 38.1. The van der Waals surface area contributed by atoms with Gasteiger partial charge in [0, 0.05) is 19.3 Å². The van der Waals surface area contributed by atoms with Crippen molar-refractivity contribution in [2.24, 2.45) is 0 Å². The minimum Gasteiger partial charge on any atom is -0.462 e. The van der Waals surface area contributed by atoms with Crippen molar-refractivity contribution in [3.05, 3.63) is 109 Å². The first kappa shape index (κ1) is 66.1. The summed E-state index contributed by atoms with van der Waals surface area (Å²) in [6.45, 7) is 6.42. The number of hydrogen-bond donors (Lipinski definition) is 0. The van der Waals surface area contributed by atoms with Crippen LogP contribution in [0, 0.1) is 0 Å². The standard InChI is InChI=1S/C64H106O6/c1-4-7-10-13-16-19-22-25-28-31-32-34-36-39-42-45-48-51-54-57-63(66)69-60-61(59-68-62(65)56-53-50-47-44-41-38-35-30-27-24-21-18-15-12-9-6-3)70-64(67)58-55-52-49-46-43-40-37-33-29-26-23-20-17-14-11-8-5-2/h7,10,16-17,19-20,25-26,28-30,32,34-35,39,42,48,51,61H,4-6,8-9,11-15,18,21-24,27,31,33,36-38,40-41,43-47,49-50,52-60H2,1-3H3/b10-7-,19-16-,20-17-,28-25-,29-26-,34-32-,35-30-,42-39-,51-48-. The summed E-state index contributed by atoms with van der Waals surface area (Å²) in [5, 5.41) is 0. The number of ether oxygens (including phenoxy) is 3. The predicted octanol–water partition coefficient (Wildman–Crippen LogP) is 19.5. The molecule has 0 fully saturated rings. The van der Waals surface area contributed by atoms with Crippen molar-refractivity contribution in [3.63, 3.8) is 0 Å². The Bertz CT molecular complexity index is 1440. The average Bonchev–Trinajstić information content (AvgIpc) is 3.36. The summed E-state index contributed by atoms with van der Waals surface area (Å²) in [7, 11) is 0. The van der Waals surface area contributed by atoms with E-state index in [-0.39, 0.29) is 37.5 Å². The lowest BCUT2D eigenvalue weighted by Crippen LogP contribution is -2.30. The molecule has 0 rings (SSSR count). The molecule has 398 valence electrons. The largest absolute Gasteiger partial charge is 0.462 e. The molecule has 0 aliphatic rings. The van der Waals surface area contributed by atoms with E-state index in [0.29, 0.717) is 19.3 Å². The lowest BCUT2D eigenvalue weighted by atomic mass is 10.1. The van der Waals surface area contributed by atoms with E-state index in [1.54, 1.807) is 0 Å². The molecule has 0 N–H and O–H groups in total. The molecule has 1 unspecified atom stereocenters. The molecule has 70 heavy (non-hydrogen) atoms. The molecule has 0 aliphatic heterocycles. The van der Waals surface area contributed by atoms with Gasteiger partial charge in [-0.3, -0.25) is 14.4 Å². The molecule has 0 aromatic carbocycles. The Kier molecular flexibility index (Phi) is 54.4. The van der Waals surface area contributed by atoms with Gasteiger partial charge in [0.15, 0.2) is 6.10 Å². The minimum atomic E-state index is -0.819. The summed E-state index contributed by atoms with van der Waals surface area (Å²) >= 11 is 0. The number of carbonyl (C=O) groups excluding carboxylic acids is 3. The molecule has 0 spiro atoms. The molecule has 0 saturated heterocycles. The summed E-state index contributed by atoms with van der Waals surface area (Å²) in [6.07, 6.45) is 78.0. The first-order valence-corrected chi connectivity index (χ1v) is 28.9. The third-order valence-electron chi connectivity index (χ3n) is 12.0. The van der Waals surface area contributed by atoms with E-state index in [2.05, 4.69) is 124 Å². The second kappa shape index (κ2) is 57.6. The van der Waals surface area contributed by atoms with E-state index in [1.807, 2.05) is 6.08 Å². The van der Waals surface area contributed by atoms with Gasteiger partial charge in [0.1, 0.15) is 13.2 Å². The van der Waals surface area contributed by atoms with Crippen LogP contribution in [-0.2, 0) is 28.6 Å². The first-order valence-electron chi connectivity index (χ1n) is 28.9. The van der Waals surface area contributed by atoms with Gasteiger partial charge in [0.25, 0.3) is 0 Å². The van der Waals surface area contributed by atoms with Crippen LogP contribution in [0.5, 0.6) is 0 Å². The zero-order valence-electron chi connectivity index (χ0n) is 45.5. The number of hydrogen-bond acceptors (Lipinski definition) is 6. The van der Waals surface area contributed by atoms with Crippen LogP contribution < -0.4 is 0 Å². The highest BCUT2D eigenvalue weighted by molar-refractivity contribution is 5.71. The third-order valence-corrected chi connectivity index (χ3v) is 12.0. The maximum atomic E-state index is 12.9. The number of unbranched alkanes of at least 4 members (excludes halogenated alkanes) is 22. The molecule has 0 aliphatic carbocycles. The Morgan fingerprint density at radius 1 is 0.300 bits per heavy atom. The van der Waals surface area contributed by atoms with Crippen LogP contribution in [0.3, 0.4) is 0 Å². The molecule has 0 aromatic heterocycles. The quantitative estimate of drug-likeness (QED) is 0.0262. The topological polar surface area (TPSA) is 78.9 Å². The molecule has 6 heteroatoms. The number of rotatable bonds is 51. The van der Waals surface area contributed by atoms with Gasteiger partial charge in [-0.2, -0.15) is 0 Å². The van der Waals surface area contributed by atoms with Gasteiger partial charge < -0.3 is 14.2 Å². The molecule has 1 atom stereocenters. The Hall–Kier alpha value is -3.93. The zero-order valence-corrected chi connectivity index (χ0v) is 45.5. The van der Waals surface area contributed by atoms with Crippen LogP contribution in [0.1, 0.15) is 258 Å². The maximum Gasteiger partial charge on any atom is 0.306 e. The summed E-state index contributed by atoms with van der Waals surface area (Å²) in [5.41, 5.74) is 0. The molecule has 0 saturated carbocycles. The Morgan fingerprint density at radius 3 is 1.00 bits per heavy atom. The SMILES string of the molecule is CC/C=C\C/C=C\C/C=C\C/C=C\C/C=C\C/C=C\CCC(=O)OCC(COC(=O)CCCCCCC/C=C\CCCCCCCCC)OC(=O)CCCCCCCCC/C=C\C/C=C\CCCCC. The smallest absolute Gasteiger partial charge is 0.306 e. The van der Waals surface area contributed by atoms with E-state index in [4.69, 9.17) is 14.2 Å². The first-order chi connectivity index (χ1) is 34.5. The van der Waals surface area contributed by atoms with Crippen molar-refractivity contribution >= 4 is 17.9 Å². The summed E-state index contributed by atoms with van der Waals surface area (Å²) < 4.78 is 16.8. The van der Waals surface area contributed by atoms with Gasteiger partial charge in [-0.25, -0.2) is 0 Å². The number of carbonyl (C=O) groups is 3. The molecule has 0 bridgehead atoms. The molecule has 0 amide bonds. The van der Waals surface area contributed by atoms with Gasteiger partial charge >= 0.3 is 17.9 Å². The van der Waals surface area contributed by atoms with Gasteiger partial charge in [-0.1, -0.05) is 233 Å². The molecular weight excluding hydrogens is 865 g/mol. The number of esters is 3. The van der Waals surface area contributed by atoms with Crippen LogP contribution in [0.25, 0.3) is 0 Å². The molecular formula is C64H106O6. The van der Waals surface area contributed by atoms with Gasteiger partial charge in [0.05, 0.1) is 0 Å². The van der Waals surface area contributed by atoms with E-state index < -0.39 is 6.10 Å². The van der Waals surface area contributed by atoms with Crippen LogP contribution >= 0.6 is 0 Å². The van der Waals surface area contributed by atoms with Gasteiger partial charge in [0.2, 0.25) is 0 Å². The van der Waals surface area contributed by atoms with Crippen LogP contribution in [0.15, 0.2) is 109 Å². The Balaban J connectivity index is 4.53. The third kappa shape index (κ3) is 55.0. The van der Waals surface area contributed by atoms with Crippen LogP contribution in [-0.4, -0.2) is 37.2 Å². The maximum absolute atomic E-state index is 12.9. The Morgan fingerprint density at radius 2 is 0.586 bits per heavy atom. The zero-order chi connectivity index (χ0) is 50.7. The highest BCUT2D eigenvalue weighted by atomic mass is 16.6. The van der Waals surface area contributed by atoms with Crippen molar-refractivity contribution in [1.82, 2.24) is 0 Å². The van der Waals surface area contributed by atoms with Crippen molar-refractivity contribution < 1.29 is 28.6 Å². The fourth-order valence-corrected chi connectivity index (χ4v) is 7.67. The second-order valence-corrected chi connectivity index (χ2v) is 18.8. The average molecular weight is 972 g/mol. The Labute approximate surface area is 431 Å². The van der Waals surface area contributed by atoms with Crippen molar-refractivity contribution in [2.45, 2.75) is 264 Å². The van der Waals surface area contributed by atoms with Crippen molar-refractivity contribution in [2.75, 3.05) is 13.2 Å². The van der Waals surface area contributed by atoms with E-state index >= 15 is 0 Å². The molecule has 0 aromatic rings. The van der Waals surface area contributed by atoms with Gasteiger partial charge in [-0.15, -0.1) is 0 Å². The van der Waals surface area contributed by atoms with E-state index in [9.17, 15) is 14.4 Å². The summed E-state index contributed by atoms with van der Waals surface area (Å²) in [6, 6.07) is 0. The van der Waals surface area contributed by atoms with Gasteiger partial charge in [-0.05, 0) is 116 Å². The van der Waals surface area contributed by atoms with E-state index in [1.165, 1.54) is 109 Å². The molecule has 6 nitrogen and oxygen atoms in total. The minimum absolute atomic E-state index is 0.110. The molecule has 0 heterocycles. The highest BCUT2D eigenvalue weighted by Gasteiger charge is 2.19. The normalized spacial score (nSPS) is 12.9.